The van der Waals surface area contributed by atoms with E-state index < -0.39 is 0 Å². The average molecular weight is 197 g/mol. The molecule has 0 spiro atoms. The first kappa shape index (κ1) is 8.85. The quantitative estimate of drug-likeness (QED) is 0.784. The number of nitrogens with zero attached hydrogens (tertiary/aromatic N) is 1. The summed E-state index contributed by atoms with van der Waals surface area (Å²) in [6.45, 7) is 2.78. The van der Waals surface area contributed by atoms with Gasteiger partial charge in [0.25, 0.3) is 0 Å². The summed E-state index contributed by atoms with van der Waals surface area (Å²) < 4.78 is 0. The van der Waals surface area contributed by atoms with E-state index in [0.717, 1.165) is 29.4 Å². The van der Waals surface area contributed by atoms with Crippen LogP contribution in [0.1, 0.15) is 12.0 Å². The van der Waals surface area contributed by atoms with Crippen molar-refractivity contribution in [3.8, 4) is 0 Å². The van der Waals surface area contributed by atoms with Crippen LogP contribution in [0.2, 0.25) is 5.02 Å². The lowest BCUT2D eigenvalue weighted by Gasteiger charge is -2.35. The second-order valence-corrected chi connectivity index (χ2v) is 3.70. The van der Waals surface area contributed by atoms with Crippen LogP contribution >= 0.6 is 11.6 Å². The molecule has 1 aliphatic rings. The third-order valence-electron chi connectivity index (χ3n) is 2.46. The van der Waals surface area contributed by atoms with Gasteiger partial charge in [-0.15, -0.1) is 0 Å². The molecule has 2 N–H and O–H groups in total. The number of benzene rings is 1. The predicted octanol–water partition coefficient (Wildman–Crippen LogP) is 2.01. The Kier molecular flexibility index (Phi) is 2.42. The molecule has 2 rings (SSSR count). The number of para-hydroxylation sites is 1. The van der Waals surface area contributed by atoms with E-state index in [9.17, 15) is 0 Å². The van der Waals surface area contributed by atoms with E-state index in [4.69, 9.17) is 17.3 Å². The first-order chi connectivity index (χ1) is 6.33. The molecule has 1 aromatic rings. The highest BCUT2D eigenvalue weighted by Crippen LogP contribution is 2.32. The van der Waals surface area contributed by atoms with E-state index in [-0.39, 0.29) is 0 Å². The Morgan fingerprint density at radius 3 is 2.69 bits per heavy atom. The van der Waals surface area contributed by atoms with Gasteiger partial charge < -0.3 is 10.6 Å². The summed E-state index contributed by atoms with van der Waals surface area (Å²) in [5, 5.41) is 0.822. The molecule has 1 aromatic carbocycles. The van der Waals surface area contributed by atoms with Gasteiger partial charge in [0.15, 0.2) is 0 Å². The Morgan fingerprint density at radius 1 is 1.38 bits per heavy atom. The molecule has 0 atom stereocenters. The van der Waals surface area contributed by atoms with Gasteiger partial charge in [0.05, 0.1) is 10.7 Å². The topological polar surface area (TPSA) is 29.3 Å². The van der Waals surface area contributed by atoms with Gasteiger partial charge in [-0.25, -0.2) is 0 Å². The van der Waals surface area contributed by atoms with Crippen molar-refractivity contribution in [1.82, 2.24) is 0 Å². The predicted molar refractivity (Wildman–Crippen MR) is 56.2 cm³/mol. The summed E-state index contributed by atoms with van der Waals surface area (Å²) in [6, 6.07) is 5.92. The second kappa shape index (κ2) is 3.56. The van der Waals surface area contributed by atoms with Gasteiger partial charge in [0.1, 0.15) is 0 Å². The van der Waals surface area contributed by atoms with Crippen molar-refractivity contribution in [1.29, 1.82) is 0 Å². The molecule has 0 amide bonds. The molecular formula is C10H13ClN2. The van der Waals surface area contributed by atoms with Crippen LogP contribution in [0.15, 0.2) is 18.2 Å². The molecule has 0 unspecified atom stereocenters. The highest BCUT2D eigenvalue weighted by atomic mass is 35.5. The lowest BCUT2D eigenvalue weighted by atomic mass is 10.1. The Hall–Kier alpha value is -0.730. The highest BCUT2D eigenvalue weighted by molar-refractivity contribution is 6.33. The maximum atomic E-state index is 6.12. The molecule has 1 heterocycles. The van der Waals surface area contributed by atoms with Crippen LogP contribution in [0.25, 0.3) is 0 Å². The van der Waals surface area contributed by atoms with Crippen LogP contribution in [0.3, 0.4) is 0 Å². The van der Waals surface area contributed by atoms with Crippen LogP contribution in [0.4, 0.5) is 5.69 Å². The molecule has 1 fully saturated rings. The van der Waals surface area contributed by atoms with Crippen molar-refractivity contribution >= 4 is 17.3 Å². The Bertz CT molecular complexity index is 308. The maximum Gasteiger partial charge on any atom is 0.0642 e. The fourth-order valence-corrected chi connectivity index (χ4v) is 1.93. The standard InChI is InChI=1S/C10H13ClN2/c11-9-4-1-3-8(7-12)10(9)13-5-2-6-13/h1,3-4H,2,5-7,12H2. The number of halogens is 1. The molecule has 2 nitrogen and oxygen atoms in total. The lowest BCUT2D eigenvalue weighted by molar-refractivity contribution is 0.615. The molecule has 0 aliphatic carbocycles. The average Bonchev–Trinajstić information content (AvgIpc) is 2.05. The van der Waals surface area contributed by atoms with Gasteiger partial charge in [0.2, 0.25) is 0 Å². The van der Waals surface area contributed by atoms with Gasteiger partial charge in [-0.3, -0.25) is 0 Å². The van der Waals surface area contributed by atoms with Gasteiger partial charge in [-0.05, 0) is 18.1 Å². The van der Waals surface area contributed by atoms with Crippen molar-refractivity contribution in [3.05, 3.63) is 28.8 Å². The van der Waals surface area contributed by atoms with Crippen LogP contribution in [-0.4, -0.2) is 13.1 Å². The summed E-state index contributed by atoms with van der Waals surface area (Å²) in [6.07, 6.45) is 1.26. The van der Waals surface area contributed by atoms with Crippen molar-refractivity contribution in [2.75, 3.05) is 18.0 Å². The summed E-state index contributed by atoms with van der Waals surface area (Å²) in [7, 11) is 0. The molecule has 70 valence electrons. The zero-order chi connectivity index (χ0) is 9.26. The number of anilines is 1. The molecule has 0 bridgehead atoms. The van der Waals surface area contributed by atoms with Crippen molar-refractivity contribution in [2.24, 2.45) is 5.73 Å². The number of hydrogen-bond donors (Lipinski definition) is 1. The van der Waals surface area contributed by atoms with Gasteiger partial charge >= 0.3 is 0 Å². The van der Waals surface area contributed by atoms with Crippen LogP contribution in [0, 0.1) is 0 Å². The normalized spacial score (nSPS) is 15.7. The zero-order valence-electron chi connectivity index (χ0n) is 7.46. The maximum absolute atomic E-state index is 6.12. The molecular weight excluding hydrogens is 184 g/mol. The van der Waals surface area contributed by atoms with Crippen molar-refractivity contribution in [3.63, 3.8) is 0 Å². The SMILES string of the molecule is NCc1cccc(Cl)c1N1CCC1. The van der Waals surface area contributed by atoms with Gasteiger partial charge in [-0.1, -0.05) is 23.7 Å². The molecule has 1 saturated heterocycles. The molecule has 13 heavy (non-hydrogen) atoms. The van der Waals surface area contributed by atoms with Crippen LogP contribution < -0.4 is 10.6 Å². The largest absolute Gasteiger partial charge is 0.370 e. The monoisotopic (exact) mass is 196 g/mol. The Morgan fingerprint density at radius 2 is 2.15 bits per heavy atom. The molecule has 3 heteroatoms. The zero-order valence-corrected chi connectivity index (χ0v) is 8.22. The van der Waals surface area contributed by atoms with E-state index in [1.807, 2.05) is 18.2 Å². The van der Waals surface area contributed by atoms with Gasteiger partial charge in [0, 0.05) is 19.6 Å². The summed E-state index contributed by atoms with van der Waals surface area (Å²) in [5.74, 6) is 0. The van der Waals surface area contributed by atoms with Crippen molar-refractivity contribution < 1.29 is 0 Å². The van der Waals surface area contributed by atoms with E-state index in [0.29, 0.717) is 6.54 Å². The summed E-state index contributed by atoms with van der Waals surface area (Å²) in [4.78, 5) is 2.28. The smallest absolute Gasteiger partial charge is 0.0642 e. The Labute approximate surface area is 83.3 Å². The van der Waals surface area contributed by atoms with E-state index >= 15 is 0 Å². The number of hydrogen-bond acceptors (Lipinski definition) is 2. The van der Waals surface area contributed by atoms with E-state index in [1.165, 1.54) is 6.42 Å². The fraction of sp³-hybridized carbons (Fsp3) is 0.400. The van der Waals surface area contributed by atoms with Crippen LogP contribution in [-0.2, 0) is 6.54 Å². The fourth-order valence-electron chi connectivity index (χ4n) is 1.62. The first-order valence-corrected chi connectivity index (χ1v) is 4.93. The third-order valence-corrected chi connectivity index (χ3v) is 2.77. The number of rotatable bonds is 2. The molecule has 0 saturated carbocycles. The molecule has 1 aliphatic heterocycles. The summed E-state index contributed by atoms with van der Waals surface area (Å²) >= 11 is 6.12. The molecule has 0 aromatic heterocycles. The lowest BCUT2D eigenvalue weighted by Crippen LogP contribution is -2.38. The van der Waals surface area contributed by atoms with E-state index in [2.05, 4.69) is 4.90 Å². The minimum Gasteiger partial charge on any atom is -0.370 e. The van der Waals surface area contributed by atoms with E-state index in [1.54, 1.807) is 0 Å². The van der Waals surface area contributed by atoms with Crippen molar-refractivity contribution in [2.45, 2.75) is 13.0 Å². The van der Waals surface area contributed by atoms with Crippen LogP contribution in [0.5, 0.6) is 0 Å². The summed E-state index contributed by atoms with van der Waals surface area (Å²) in [5.41, 5.74) is 7.93. The first-order valence-electron chi connectivity index (χ1n) is 4.55. The number of nitrogens with two attached hydrogens (primary N) is 1. The third kappa shape index (κ3) is 1.52. The molecule has 0 radical (unpaired) electrons. The minimum absolute atomic E-state index is 0.562. The second-order valence-electron chi connectivity index (χ2n) is 3.29. The van der Waals surface area contributed by atoms with Gasteiger partial charge in [-0.2, -0.15) is 0 Å². The Balaban J connectivity index is 2.39. The minimum atomic E-state index is 0.562. The highest BCUT2D eigenvalue weighted by Gasteiger charge is 2.19.